The fourth-order valence-electron chi connectivity index (χ4n) is 3.01. The van der Waals surface area contributed by atoms with Crippen LogP contribution in [0.3, 0.4) is 0 Å². The van der Waals surface area contributed by atoms with Crippen molar-refractivity contribution < 1.29 is 8.42 Å². The third-order valence-electron chi connectivity index (χ3n) is 4.26. The number of rotatable bonds is 2. The van der Waals surface area contributed by atoms with Crippen LogP contribution in [0.4, 0.5) is 5.82 Å². The molecule has 0 saturated heterocycles. The van der Waals surface area contributed by atoms with Crippen LogP contribution in [-0.4, -0.2) is 18.7 Å². The minimum atomic E-state index is -3.37. The molecule has 0 bridgehead atoms. The first kappa shape index (κ1) is 16.5. The highest BCUT2D eigenvalue weighted by atomic mass is 35.5. The predicted molar refractivity (Wildman–Crippen MR) is 103 cm³/mol. The number of aromatic nitrogens is 1. The third kappa shape index (κ3) is 2.92. The summed E-state index contributed by atoms with van der Waals surface area (Å²) in [5.41, 5.74) is 3.59. The van der Waals surface area contributed by atoms with Gasteiger partial charge in [-0.3, -0.25) is 4.72 Å². The van der Waals surface area contributed by atoms with E-state index >= 15 is 0 Å². The predicted octanol–water partition coefficient (Wildman–Crippen LogP) is 4.88. The molecule has 0 saturated carbocycles. The van der Waals surface area contributed by atoms with Gasteiger partial charge in [0, 0.05) is 12.1 Å². The summed E-state index contributed by atoms with van der Waals surface area (Å²) < 4.78 is 28.2. The van der Waals surface area contributed by atoms with E-state index in [1.54, 1.807) is 4.57 Å². The summed E-state index contributed by atoms with van der Waals surface area (Å²) in [6.45, 7) is 0.283. The van der Waals surface area contributed by atoms with Gasteiger partial charge in [-0.05, 0) is 16.7 Å². The van der Waals surface area contributed by atoms with Gasteiger partial charge in [-0.15, -0.1) is 0 Å². The monoisotopic (exact) mass is 392 g/mol. The molecule has 128 valence electrons. The van der Waals surface area contributed by atoms with Crippen molar-refractivity contribution in [2.75, 3.05) is 10.5 Å². The molecule has 4 rings (SSSR count). The number of anilines is 1. The molecule has 0 spiro atoms. The topological polar surface area (TPSA) is 51.1 Å². The molecule has 25 heavy (non-hydrogen) atoms. The van der Waals surface area contributed by atoms with E-state index in [0.29, 0.717) is 21.6 Å². The fourth-order valence-corrected chi connectivity index (χ4v) is 4.60. The molecule has 1 aliphatic rings. The van der Waals surface area contributed by atoms with Crippen LogP contribution in [0.5, 0.6) is 0 Å². The number of fused-ring (bicyclic) bond motifs is 1. The summed E-state index contributed by atoms with van der Waals surface area (Å²) in [6, 6.07) is 17.8. The van der Waals surface area contributed by atoms with Crippen molar-refractivity contribution >= 4 is 39.0 Å². The Hall–Kier alpha value is -1.95. The second-order valence-corrected chi connectivity index (χ2v) is 8.42. The molecule has 7 heteroatoms. The molecule has 0 atom stereocenters. The van der Waals surface area contributed by atoms with Crippen LogP contribution in [0.2, 0.25) is 10.2 Å². The van der Waals surface area contributed by atoms with Crippen molar-refractivity contribution in [2.45, 2.75) is 6.54 Å². The normalized spacial score (nSPS) is 15.4. The molecule has 2 aromatic carbocycles. The minimum Gasteiger partial charge on any atom is -0.315 e. The van der Waals surface area contributed by atoms with E-state index in [4.69, 9.17) is 23.2 Å². The Kier molecular flexibility index (Phi) is 4.02. The van der Waals surface area contributed by atoms with Crippen molar-refractivity contribution in [3.8, 4) is 22.3 Å². The zero-order valence-electron chi connectivity index (χ0n) is 13.0. The van der Waals surface area contributed by atoms with E-state index < -0.39 is 10.0 Å². The van der Waals surface area contributed by atoms with Gasteiger partial charge in [0.15, 0.2) is 0 Å². The lowest BCUT2D eigenvalue weighted by atomic mass is 10.0. The average Bonchev–Trinajstić information content (AvgIpc) is 2.85. The van der Waals surface area contributed by atoms with E-state index in [1.807, 2.05) is 54.6 Å². The lowest BCUT2D eigenvalue weighted by Crippen LogP contribution is -2.27. The maximum atomic E-state index is 11.9. The van der Waals surface area contributed by atoms with Crippen LogP contribution in [0, 0.1) is 0 Å². The van der Waals surface area contributed by atoms with Crippen LogP contribution in [-0.2, 0) is 16.6 Å². The largest absolute Gasteiger partial charge is 0.315 e. The van der Waals surface area contributed by atoms with Gasteiger partial charge in [-0.25, -0.2) is 8.42 Å². The zero-order chi connectivity index (χ0) is 17.6. The van der Waals surface area contributed by atoms with Crippen molar-refractivity contribution in [3.63, 3.8) is 0 Å². The van der Waals surface area contributed by atoms with Gasteiger partial charge in [-0.2, -0.15) is 0 Å². The van der Waals surface area contributed by atoms with Gasteiger partial charge in [0.1, 0.15) is 11.0 Å². The molecule has 2 heterocycles. The first-order valence-electron chi connectivity index (χ1n) is 7.70. The molecule has 1 N–H and O–H groups in total. The van der Waals surface area contributed by atoms with Gasteiger partial charge >= 0.3 is 0 Å². The molecular weight excluding hydrogens is 379 g/mol. The van der Waals surface area contributed by atoms with Gasteiger partial charge in [0.2, 0.25) is 10.0 Å². The van der Waals surface area contributed by atoms with Crippen molar-refractivity contribution in [3.05, 3.63) is 64.8 Å². The van der Waals surface area contributed by atoms with Gasteiger partial charge in [0.25, 0.3) is 0 Å². The standard InChI is InChI=1S/C18H14Cl2N2O2S/c19-16-15(18-21-25(23,24)11-10-22(18)17(16)20)14-8-6-13(7-9-14)12-4-2-1-3-5-12/h1-9,21H,10-11H2. The summed E-state index contributed by atoms with van der Waals surface area (Å²) in [7, 11) is -3.37. The van der Waals surface area contributed by atoms with Crippen LogP contribution < -0.4 is 4.72 Å². The third-order valence-corrected chi connectivity index (χ3v) is 6.34. The molecule has 0 unspecified atom stereocenters. The van der Waals surface area contributed by atoms with E-state index in [9.17, 15) is 8.42 Å². The van der Waals surface area contributed by atoms with Crippen molar-refractivity contribution in [1.29, 1.82) is 0 Å². The van der Waals surface area contributed by atoms with Crippen molar-refractivity contribution in [2.24, 2.45) is 0 Å². The van der Waals surface area contributed by atoms with Gasteiger partial charge in [-0.1, -0.05) is 77.8 Å². The number of hydrogen-bond acceptors (Lipinski definition) is 2. The molecular formula is C18H14Cl2N2O2S. The van der Waals surface area contributed by atoms with E-state index in [1.165, 1.54) is 0 Å². The Morgan fingerprint density at radius 3 is 2.16 bits per heavy atom. The zero-order valence-corrected chi connectivity index (χ0v) is 15.4. The Morgan fingerprint density at radius 2 is 1.48 bits per heavy atom. The molecule has 0 aliphatic carbocycles. The van der Waals surface area contributed by atoms with E-state index in [0.717, 1.165) is 16.7 Å². The summed E-state index contributed by atoms with van der Waals surface area (Å²) in [6.07, 6.45) is 0. The number of hydrogen-bond donors (Lipinski definition) is 1. The Balaban J connectivity index is 1.81. The maximum absolute atomic E-state index is 11.9. The maximum Gasteiger partial charge on any atom is 0.235 e. The molecule has 0 fully saturated rings. The Bertz CT molecular complexity index is 1040. The summed E-state index contributed by atoms with van der Waals surface area (Å²) in [5.74, 6) is 0.408. The van der Waals surface area contributed by atoms with Gasteiger partial charge < -0.3 is 4.57 Å². The quantitative estimate of drug-likeness (QED) is 0.675. The summed E-state index contributed by atoms with van der Waals surface area (Å²) >= 11 is 12.7. The molecule has 1 aromatic heterocycles. The number of halogens is 2. The second-order valence-electron chi connectivity index (χ2n) is 5.84. The smallest absolute Gasteiger partial charge is 0.235 e. The summed E-state index contributed by atoms with van der Waals surface area (Å²) in [5, 5.41) is 0.704. The highest BCUT2D eigenvalue weighted by Crippen LogP contribution is 2.44. The van der Waals surface area contributed by atoms with Crippen molar-refractivity contribution in [1.82, 2.24) is 4.57 Å². The van der Waals surface area contributed by atoms with Gasteiger partial charge in [0.05, 0.1) is 10.8 Å². The molecule has 4 nitrogen and oxygen atoms in total. The number of benzene rings is 2. The molecule has 1 aliphatic heterocycles. The van der Waals surface area contributed by atoms with E-state index in [2.05, 4.69) is 4.72 Å². The minimum absolute atomic E-state index is 0.0168. The number of sulfonamides is 1. The fraction of sp³-hybridized carbons (Fsp3) is 0.111. The average molecular weight is 393 g/mol. The SMILES string of the molecule is O=S1(=O)CCn2c(Cl)c(Cl)c(-c3ccc(-c4ccccc4)cc3)c2N1. The highest BCUT2D eigenvalue weighted by Gasteiger charge is 2.29. The second kappa shape index (κ2) is 6.09. The number of nitrogens with one attached hydrogen (secondary N) is 1. The van der Waals surface area contributed by atoms with Crippen LogP contribution in [0.15, 0.2) is 54.6 Å². The highest BCUT2D eigenvalue weighted by molar-refractivity contribution is 7.92. The number of nitrogens with zero attached hydrogens (tertiary/aromatic N) is 1. The molecule has 3 aromatic rings. The van der Waals surface area contributed by atoms with Crippen LogP contribution in [0.25, 0.3) is 22.3 Å². The first-order valence-corrected chi connectivity index (χ1v) is 10.1. The molecule has 0 amide bonds. The van der Waals surface area contributed by atoms with Crippen LogP contribution in [0.1, 0.15) is 0 Å². The van der Waals surface area contributed by atoms with E-state index in [-0.39, 0.29) is 12.3 Å². The van der Waals surface area contributed by atoms with Crippen LogP contribution >= 0.6 is 23.2 Å². The Morgan fingerprint density at radius 1 is 0.880 bits per heavy atom. The first-order chi connectivity index (χ1) is 12.0. The lowest BCUT2D eigenvalue weighted by Gasteiger charge is -2.19. The Labute approximate surface area is 156 Å². The lowest BCUT2D eigenvalue weighted by molar-refractivity contribution is 0.588. The molecule has 0 radical (unpaired) electrons. The summed E-state index contributed by atoms with van der Waals surface area (Å²) in [4.78, 5) is 0.